The Morgan fingerprint density at radius 1 is 0.917 bits per heavy atom. The number of nitrogens with zero attached hydrogens (tertiary/aromatic N) is 1. The van der Waals surface area contributed by atoms with Gasteiger partial charge in [0.1, 0.15) is 11.5 Å². The zero-order valence-electron chi connectivity index (χ0n) is 19.4. The van der Waals surface area contributed by atoms with Gasteiger partial charge in [-0.15, -0.1) is 0 Å². The minimum absolute atomic E-state index is 0.305. The third-order valence-electron chi connectivity index (χ3n) is 5.18. The van der Waals surface area contributed by atoms with Gasteiger partial charge in [-0.25, -0.2) is 10.2 Å². The molecule has 0 saturated heterocycles. The third kappa shape index (κ3) is 6.90. The van der Waals surface area contributed by atoms with Gasteiger partial charge in [0.25, 0.3) is 5.91 Å². The molecule has 0 spiro atoms. The van der Waals surface area contributed by atoms with Gasteiger partial charge in [0.2, 0.25) is 0 Å². The largest absolute Gasteiger partial charge is 0.481 e. The topological polar surface area (TPSA) is 77.0 Å². The molecule has 36 heavy (non-hydrogen) atoms. The first kappa shape index (κ1) is 24.9. The van der Waals surface area contributed by atoms with E-state index in [1.807, 2.05) is 72.8 Å². The number of fused-ring (bicyclic) bond motifs is 1. The van der Waals surface area contributed by atoms with Crippen molar-refractivity contribution < 1.29 is 19.1 Å². The smallest absolute Gasteiger partial charge is 0.336 e. The summed E-state index contributed by atoms with van der Waals surface area (Å²) in [6.45, 7) is 1.64. The average Bonchev–Trinajstić information content (AvgIpc) is 2.89. The molecule has 0 radical (unpaired) electrons. The van der Waals surface area contributed by atoms with E-state index in [0.29, 0.717) is 17.1 Å². The Morgan fingerprint density at radius 3 is 2.47 bits per heavy atom. The van der Waals surface area contributed by atoms with Crippen molar-refractivity contribution in [2.24, 2.45) is 5.10 Å². The zero-order chi connectivity index (χ0) is 25.3. The number of esters is 1. The molecular formula is C29H23BrN2O4. The van der Waals surface area contributed by atoms with Crippen molar-refractivity contribution in [2.45, 2.75) is 13.0 Å². The van der Waals surface area contributed by atoms with Gasteiger partial charge in [0.05, 0.1) is 6.21 Å². The standard InChI is InChI=1S/C29H23BrN2O4/c1-20(35-26-14-12-22-9-5-6-10-23(22)18-26)29(34)32-31-19-24-17-25(30)13-15-27(24)36-28(33)16-11-21-7-3-2-4-8-21/h2-20H,1H3,(H,32,34)/b16-11+,31-19-/t20-/m1/s1. The van der Waals surface area contributed by atoms with Gasteiger partial charge in [-0.1, -0.05) is 76.6 Å². The van der Waals surface area contributed by atoms with Gasteiger partial charge < -0.3 is 9.47 Å². The summed E-state index contributed by atoms with van der Waals surface area (Å²) in [5, 5.41) is 6.14. The van der Waals surface area contributed by atoms with E-state index in [-0.39, 0.29) is 0 Å². The lowest BCUT2D eigenvalue weighted by atomic mass is 10.1. The summed E-state index contributed by atoms with van der Waals surface area (Å²) in [5.74, 6) is -0.0551. The van der Waals surface area contributed by atoms with E-state index in [1.54, 1.807) is 31.2 Å². The Bertz CT molecular complexity index is 1430. The number of benzene rings is 4. The van der Waals surface area contributed by atoms with Crippen LogP contribution in [0.25, 0.3) is 16.8 Å². The molecule has 0 aliphatic heterocycles. The summed E-state index contributed by atoms with van der Waals surface area (Å²) in [4.78, 5) is 24.8. The van der Waals surface area contributed by atoms with Crippen LogP contribution in [0.4, 0.5) is 0 Å². The van der Waals surface area contributed by atoms with Crippen LogP contribution in [0.1, 0.15) is 18.1 Å². The van der Waals surface area contributed by atoms with Crippen LogP contribution >= 0.6 is 15.9 Å². The molecule has 4 rings (SSSR count). The molecule has 7 heteroatoms. The van der Waals surface area contributed by atoms with Crippen LogP contribution in [-0.4, -0.2) is 24.2 Å². The van der Waals surface area contributed by atoms with Gasteiger partial charge in [0, 0.05) is 16.1 Å². The molecule has 1 amide bonds. The molecule has 1 atom stereocenters. The van der Waals surface area contributed by atoms with E-state index in [2.05, 4.69) is 26.5 Å². The van der Waals surface area contributed by atoms with Crippen molar-refractivity contribution in [3.8, 4) is 11.5 Å². The van der Waals surface area contributed by atoms with Crippen LogP contribution in [0.15, 0.2) is 107 Å². The number of rotatable bonds is 8. The predicted octanol–water partition coefficient (Wildman–Crippen LogP) is 6.14. The number of ether oxygens (including phenoxy) is 2. The van der Waals surface area contributed by atoms with Gasteiger partial charge >= 0.3 is 5.97 Å². The zero-order valence-corrected chi connectivity index (χ0v) is 21.0. The monoisotopic (exact) mass is 542 g/mol. The highest BCUT2D eigenvalue weighted by atomic mass is 79.9. The molecular weight excluding hydrogens is 520 g/mol. The highest BCUT2D eigenvalue weighted by Crippen LogP contribution is 2.23. The lowest BCUT2D eigenvalue weighted by Gasteiger charge is -2.13. The molecule has 0 aliphatic carbocycles. The number of carbonyl (C=O) groups excluding carboxylic acids is 2. The van der Waals surface area contributed by atoms with Crippen molar-refractivity contribution in [3.63, 3.8) is 0 Å². The third-order valence-corrected chi connectivity index (χ3v) is 5.67. The van der Waals surface area contributed by atoms with Crippen LogP contribution < -0.4 is 14.9 Å². The summed E-state index contributed by atoms with van der Waals surface area (Å²) >= 11 is 3.40. The van der Waals surface area contributed by atoms with Gasteiger partial charge in [0.15, 0.2) is 6.10 Å². The summed E-state index contributed by atoms with van der Waals surface area (Å²) in [6.07, 6.45) is 3.67. The van der Waals surface area contributed by atoms with E-state index in [1.165, 1.54) is 12.3 Å². The van der Waals surface area contributed by atoms with E-state index < -0.39 is 18.0 Å². The van der Waals surface area contributed by atoms with Gasteiger partial charge in [-0.3, -0.25) is 4.79 Å². The second-order valence-electron chi connectivity index (χ2n) is 7.85. The van der Waals surface area contributed by atoms with Gasteiger partial charge in [-0.2, -0.15) is 5.10 Å². The first-order chi connectivity index (χ1) is 17.5. The molecule has 0 aliphatic rings. The number of hydrogen-bond donors (Lipinski definition) is 1. The SMILES string of the molecule is C[C@@H](Oc1ccc2ccccc2c1)C(=O)N/N=C\c1cc(Br)ccc1OC(=O)/C=C/c1ccccc1. The lowest BCUT2D eigenvalue weighted by molar-refractivity contribution is -0.129. The second-order valence-corrected chi connectivity index (χ2v) is 8.77. The predicted molar refractivity (Wildman–Crippen MR) is 145 cm³/mol. The maximum Gasteiger partial charge on any atom is 0.336 e. The van der Waals surface area contributed by atoms with Crippen molar-refractivity contribution in [3.05, 3.63) is 113 Å². The molecule has 4 aromatic rings. The molecule has 0 unspecified atom stereocenters. The summed E-state index contributed by atoms with van der Waals surface area (Å²) in [6, 6.07) is 28.1. The minimum Gasteiger partial charge on any atom is -0.481 e. The molecule has 6 nitrogen and oxygen atoms in total. The maximum absolute atomic E-state index is 12.5. The quantitative estimate of drug-likeness (QED) is 0.0953. The summed E-state index contributed by atoms with van der Waals surface area (Å²) < 4.78 is 12.0. The number of hydrazone groups is 1. The highest BCUT2D eigenvalue weighted by Gasteiger charge is 2.14. The minimum atomic E-state index is -0.772. The van der Waals surface area contributed by atoms with Crippen LogP contribution in [0.5, 0.6) is 11.5 Å². The fraction of sp³-hybridized carbons (Fsp3) is 0.0690. The molecule has 0 heterocycles. The lowest BCUT2D eigenvalue weighted by Crippen LogP contribution is -2.33. The van der Waals surface area contributed by atoms with E-state index in [0.717, 1.165) is 20.8 Å². The molecule has 0 aromatic heterocycles. The van der Waals surface area contributed by atoms with E-state index >= 15 is 0 Å². The van der Waals surface area contributed by atoms with Crippen molar-refractivity contribution in [2.75, 3.05) is 0 Å². The summed E-state index contributed by atoms with van der Waals surface area (Å²) in [7, 11) is 0. The average molecular weight is 543 g/mol. The molecule has 0 fully saturated rings. The van der Waals surface area contributed by atoms with Crippen molar-refractivity contribution in [1.29, 1.82) is 0 Å². The normalized spacial score (nSPS) is 12.1. The Morgan fingerprint density at radius 2 is 1.67 bits per heavy atom. The fourth-order valence-corrected chi connectivity index (χ4v) is 3.72. The molecule has 1 N–H and O–H groups in total. The molecule has 180 valence electrons. The number of hydrogen-bond acceptors (Lipinski definition) is 5. The number of nitrogens with one attached hydrogen (secondary N) is 1. The first-order valence-corrected chi connectivity index (χ1v) is 12.0. The van der Waals surface area contributed by atoms with Crippen molar-refractivity contribution >= 4 is 50.9 Å². The fourth-order valence-electron chi connectivity index (χ4n) is 3.34. The number of amides is 1. The Labute approximate surface area is 217 Å². The van der Waals surface area contributed by atoms with E-state index in [9.17, 15) is 9.59 Å². The highest BCUT2D eigenvalue weighted by molar-refractivity contribution is 9.10. The van der Waals surface area contributed by atoms with Crippen molar-refractivity contribution in [1.82, 2.24) is 5.43 Å². The second kappa shape index (κ2) is 12.0. The number of carbonyl (C=O) groups is 2. The Balaban J connectivity index is 1.37. The Kier molecular flexibility index (Phi) is 8.26. The molecule has 4 aromatic carbocycles. The maximum atomic E-state index is 12.5. The molecule has 0 saturated carbocycles. The van der Waals surface area contributed by atoms with Crippen LogP contribution in [-0.2, 0) is 9.59 Å². The molecule has 0 bridgehead atoms. The van der Waals surface area contributed by atoms with Crippen LogP contribution in [0, 0.1) is 0 Å². The Hall–Kier alpha value is -4.23. The van der Waals surface area contributed by atoms with Gasteiger partial charge in [-0.05, 0) is 59.7 Å². The number of halogens is 1. The van der Waals surface area contributed by atoms with E-state index in [4.69, 9.17) is 9.47 Å². The van der Waals surface area contributed by atoms with Crippen LogP contribution in [0.2, 0.25) is 0 Å². The van der Waals surface area contributed by atoms with Crippen LogP contribution in [0.3, 0.4) is 0 Å². The summed E-state index contributed by atoms with van der Waals surface area (Å²) in [5.41, 5.74) is 3.86. The first-order valence-electron chi connectivity index (χ1n) is 11.2.